The summed E-state index contributed by atoms with van der Waals surface area (Å²) in [4.78, 5) is 10.9. The monoisotopic (exact) mass is 762 g/mol. The van der Waals surface area contributed by atoms with E-state index in [1.54, 1.807) is 0 Å². The Hall–Kier alpha value is -7.82. The van der Waals surface area contributed by atoms with Gasteiger partial charge in [0.05, 0.1) is 27.6 Å². The van der Waals surface area contributed by atoms with E-state index in [-0.39, 0.29) is 5.92 Å². The summed E-state index contributed by atoms with van der Waals surface area (Å²) >= 11 is 0. The van der Waals surface area contributed by atoms with Crippen LogP contribution in [0.3, 0.4) is 0 Å². The minimum Gasteiger partial charge on any atom is -0.309 e. The van der Waals surface area contributed by atoms with E-state index in [4.69, 9.17) is 9.97 Å². The molecule has 0 radical (unpaired) electrons. The first-order valence-electron chi connectivity index (χ1n) is 20.8. The highest BCUT2D eigenvalue weighted by molar-refractivity contribution is 6.16. The van der Waals surface area contributed by atoms with Crippen LogP contribution in [0.15, 0.2) is 194 Å². The van der Waals surface area contributed by atoms with Crippen LogP contribution in [-0.2, 0) is 0 Å². The summed E-state index contributed by atoms with van der Waals surface area (Å²) in [6, 6.07) is 59.9. The fourth-order valence-corrected chi connectivity index (χ4v) is 10.7. The number of nitrogens with zero attached hydrogens (tertiary/aromatic N) is 4. The Morgan fingerprint density at radius 1 is 0.467 bits per heavy atom. The Balaban J connectivity index is 1.00. The van der Waals surface area contributed by atoms with Crippen LogP contribution in [0.4, 0.5) is 0 Å². The fourth-order valence-electron chi connectivity index (χ4n) is 10.7. The molecule has 0 N–H and O–H groups in total. The first-order chi connectivity index (χ1) is 29.7. The number of allylic oxidation sites excluding steroid dienone is 8. The Labute approximate surface area is 345 Å². The van der Waals surface area contributed by atoms with Gasteiger partial charge in [-0.25, -0.2) is 9.97 Å². The van der Waals surface area contributed by atoms with Crippen LogP contribution >= 0.6 is 0 Å². The third-order valence-electron chi connectivity index (χ3n) is 13.4. The van der Waals surface area contributed by atoms with Crippen LogP contribution in [0.25, 0.3) is 104 Å². The second-order valence-electron chi connectivity index (χ2n) is 16.5. The van der Waals surface area contributed by atoms with Gasteiger partial charge in [0, 0.05) is 44.1 Å². The standard InChI is InChI=1S/C56H34N4/c1-2-13-34-31-52-47(29-33(34)12-1)40-16-6-9-22-50(40)59(52)37-25-24-35-30-48-41-17-7-10-23-51(41)60(53(48)32-36(35)28-37)56-46-18-5-8-21-49(46)57-55(58-56)45-27-26-44-39-15-4-3-14-38(39)42-19-11-20-43(45)54(42)44/h1-19,21-32,43H,20H2. The summed E-state index contributed by atoms with van der Waals surface area (Å²) in [5.74, 6) is 1.87. The number of aromatic nitrogens is 4. The molecular formula is C56H34N4. The van der Waals surface area contributed by atoms with Gasteiger partial charge in [-0.15, -0.1) is 0 Å². The predicted octanol–water partition coefficient (Wildman–Crippen LogP) is 14.0. The second-order valence-corrected chi connectivity index (χ2v) is 16.5. The van der Waals surface area contributed by atoms with Crippen molar-refractivity contribution in [3.8, 4) is 11.5 Å². The van der Waals surface area contributed by atoms with Gasteiger partial charge in [0.15, 0.2) is 5.82 Å². The highest BCUT2D eigenvalue weighted by Gasteiger charge is 2.36. The normalized spacial score (nSPS) is 15.8. The van der Waals surface area contributed by atoms with Crippen molar-refractivity contribution in [3.63, 3.8) is 0 Å². The third kappa shape index (κ3) is 4.34. The molecule has 3 aliphatic rings. The fraction of sp³-hybridized carbons (Fsp3) is 0.0357. The van der Waals surface area contributed by atoms with E-state index in [0.717, 1.165) is 45.7 Å². The summed E-state index contributed by atoms with van der Waals surface area (Å²) in [6.07, 6.45) is 10.2. The number of fused-ring (bicyclic) bond motifs is 12. The SMILES string of the molecule is C1=CC2=C3C(=CC=C(c4nc(-n5c6ccccc6c6cc7ccc(-n8c9ccccc9c9cc%10ccccc%10cc98)cc7cc65)c5ccccc5n4)C3C1)c1ccccc12. The van der Waals surface area contributed by atoms with Crippen molar-refractivity contribution in [2.75, 3.05) is 0 Å². The Morgan fingerprint density at radius 3 is 1.92 bits per heavy atom. The summed E-state index contributed by atoms with van der Waals surface area (Å²) in [6.45, 7) is 0. The van der Waals surface area contributed by atoms with Crippen LogP contribution < -0.4 is 0 Å². The van der Waals surface area contributed by atoms with Gasteiger partial charge in [0.2, 0.25) is 0 Å². The van der Waals surface area contributed by atoms with Crippen LogP contribution in [0.1, 0.15) is 23.4 Å². The molecule has 0 spiro atoms. The molecule has 1 atom stereocenters. The van der Waals surface area contributed by atoms with Crippen LogP contribution in [0, 0.1) is 5.92 Å². The second kappa shape index (κ2) is 11.9. The molecule has 0 saturated heterocycles. The summed E-state index contributed by atoms with van der Waals surface area (Å²) < 4.78 is 4.82. The lowest BCUT2D eigenvalue weighted by molar-refractivity contribution is 0.801. The Morgan fingerprint density at radius 2 is 1.10 bits per heavy atom. The zero-order valence-electron chi connectivity index (χ0n) is 32.5. The van der Waals surface area contributed by atoms with E-state index in [9.17, 15) is 0 Å². The van der Waals surface area contributed by atoms with Crippen LogP contribution in [0.2, 0.25) is 0 Å². The molecular weight excluding hydrogens is 729 g/mol. The third-order valence-corrected chi connectivity index (χ3v) is 13.4. The van der Waals surface area contributed by atoms with Gasteiger partial charge in [-0.05, 0) is 116 Å². The first-order valence-corrected chi connectivity index (χ1v) is 20.8. The van der Waals surface area contributed by atoms with Crippen LogP contribution in [-0.4, -0.2) is 19.1 Å². The molecule has 4 nitrogen and oxygen atoms in total. The summed E-state index contributed by atoms with van der Waals surface area (Å²) in [7, 11) is 0. The maximum absolute atomic E-state index is 5.61. The average molecular weight is 763 g/mol. The molecule has 0 bridgehead atoms. The van der Waals surface area contributed by atoms with E-state index in [1.807, 2.05) is 0 Å². The number of hydrogen-bond donors (Lipinski definition) is 0. The molecule has 3 aromatic heterocycles. The lowest BCUT2D eigenvalue weighted by atomic mass is 9.77. The van der Waals surface area contributed by atoms with Crippen LogP contribution in [0.5, 0.6) is 0 Å². The minimum absolute atomic E-state index is 0.186. The lowest BCUT2D eigenvalue weighted by Gasteiger charge is -2.28. The van der Waals surface area contributed by atoms with Crippen molar-refractivity contribution in [2.24, 2.45) is 5.92 Å². The van der Waals surface area contributed by atoms with Crippen molar-refractivity contribution < 1.29 is 0 Å². The molecule has 8 aromatic carbocycles. The number of hydrogen-bond acceptors (Lipinski definition) is 2. The van der Waals surface area contributed by atoms with E-state index in [2.05, 4.69) is 197 Å². The average Bonchev–Trinajstić information content (AvgIpc) is 3.93. The van der Waals surface area contributed by atoms with Gasteiger partial charge in [-0.3, -0.25) is 4.57 Å². The van der Waals surface area contributed by atoms with E-state index in [0.29, 0.717) is 0 Å². The topological polar surface area (TPSA) is 35.6 Å². The number of rotatable bonds is 3. The predicted molar refractivity (Wildman–Crippen MR) is 250 cm³/mol. The number of benzene rings is 8. The van der Waals surface area contributed by atoms with Gasteiger partial charge in [-0.1, -0.05) is 127 Å². The molecule has 278 valence electrons. The zero-order chi connectivity index (χ0) is 39.1. The van der Waals surface area contributed by atoms with Crippen molar-refractivity contribution in [3.05, 3.63) is 211 Å². The minimum atomic E-state index is 0.186. The van der Waals surface area contributed by atoms with Gasteiger partial charge in [0.25, 0.3) is 0 Å². The van der Waals surface area contributed by atoms with Gasteiger partial charge in [-0.2, -0.15) is 0 Å². The van der Waals surface area contributed by atoms with Crippen molar-refractivity contribution in [1.82, 2.24) is 19.1 Å². The van der Waals surface area contributed by atoms with Crippen molar-refractivity contribution in [1.29, 1.82) is 0 Å². The molecule has 14 rings (SSSR count). The molecule has 0 aliphatic heterocycles. The first kappa shape index (κ1) is 32.2. The van der Waals surface area contributed by atoms with Crippen molar-refractivity contribution >= 4 is 92.8 Å². The van der Waals surface area contributed by atoms with Gasteiger partial charge >= 0.3 is 0 Å². The maximum atomic E-state index is 5.61. The Kier molecular flexibility index (Phi) is 6.37. The van der Waals surface area contributed by atoms with Gasteiger partial charge in [0.1, 0.15) is 5.82 Å². The van der Waals surface area contributed by atoms with Gasteiger partial charge < -0.3 is 4.57 Å². The number of para-hydroxylation sites is 3. The molecule has 0 fully saturated rings. The smallest absolute Gasteiger partial charge is 0.158 e. The maximum Gasteiger partial charge on any atom is 0.158 e. The van der Waals surface area contributed by atoms with E-state index < -0.39 is 0 Å². The summed E-state index contributed by atoms with van der Waals surface area (Å²) in [5, 5.41) is 10.8. The molecule has 0 saturated carbocycles. The molecule has 1 unspecified atom stereocenters. The highest BCUT2D eigenvalue weighted by atomic mass is 15.1. The molecule has 3 heterocycles. The van der Waals surface area contributed by atoms with E-state index >= 15 is 0 Å². The zero-order valence-corrected chi connectivity index (χ0v) is 32.5. The quantitative estimate of drug-likeness (QED) is 0.180. The molecule has 4 heteroatoms. The Bertz CT molecular complexity index is 3870. The molecule has 60 heavy (non-hydrogen) atoms. The lowest BCUT2D eigenvalue weighted by Crippen LogP contribution is -2.15. The highest BCUT2D eigenvalue weighted by Crippen LogP contribution is 2.53. The van der Waals surface area contributed by atoms with E-state index in [1.165, 1.54) is 87.5 Å². The molecule has 11 aromatic rings. The summed E-state index contributed by atoms with van der Waals surface area (Å²) in [5.41, 5.74) is 14.6. The largest absolute Gasteiger partial charge is 0.309 e. The van der Waals surface area contributed by atoms with Crippen molar-refractivity contribution in [2.45, 2.75) is 6.42 Å². The molecule has 0 amide bonds. The molecule has 3 aliphatic carbocycles.